The summed E-state index contributed by atoms with van der Waals surface area (Å²) in [4.78, 5) is 39.0. The van der Waals surface area contributed by atoms with E-state index in [1.54, 1.807) is 12.1 Å². The number of nitrogens with zero attached hydrogens (tertiary/aromatic N) is 1. The first-order chi connectivity index (χ1) is 14.6. The van der Waals surface area contributed by atoms with E-state index in [1.165, 1.54) is 16.9 Å². The molecule has 30 heavy (non-hydrogen) atoms. The average Bonchev–Trinajstić information content (AvgIpc) is 3.09. The van der Waals surface area contributed by atoms with Gasteiger partial charge in [-0.25, -0.2) is 0 Å². The van der Waals surface area contributed by atoms with Crippen LogP contribution in [-0.4, -0.2) is 28.7 Å². The Morgan fingerprint density at radius 2 is 1.80 bits per heavy atom. The minimum atomic E-state index is -0.636. The van der Waals surface area contributed by atoms with Gasteiger partial charge in [0.15, 0.2) is 0 Å². The SMILES string of the molecule is O=C1CCC(N2Cc3c(OSc4ccc5ccccc5c4)cccc3C2=O)C(=O)N1. The fourth-order valence-corrected chi connectivity index (χ4v) is 4.59. The Hall–Kier alpha value is -3.32. The molecule has 0 spiro atoms. The van der Waals surface area contributed by atoms with E-state index in [4.69, 9.17) is 4.18 Å². The first kappa shape index (κ1) is 18.7. The van der Waals surface area contributed by atoms with E-state index < -0.39 is 11.9 Å². The number of hydrogen-bond donors (Lipinski definition) is 1. The van der Waals surface area contributed by atoms with Crippen molar-refractivity contribution in [3.8, 4) is 5.75 Å². The molecular formula is C23H18N2O4S. The molecule has 3 amide bonds. The summed E-state index contributed by atoms with van der Waals surface area (Å²) >= 11 is 1.24. The van der Waals surface area contributed by atoms with Crippen molar-refractivity contribution in [2.45, 2.75) is 30.3 Å². The molecule has 0 bridgehead atoms. The van der Waals surface area contributed by atoms with Gasteiger partial charge in [-0.2, -0.15) is 0 Å². The van der Waals surface area contributed by atoms with Crippen molar-refractivity contribution < 1.29 is 18.6 Å². The molecule has 150 valence electrons. The lowest BCUT2D eigenvalue weighted by atomic mass is 10.0. The Morgan fingerprint density at radius 3 is 2.63 bits per heavy atom. The Morgan fingerprint density at radius 1 is 0.967 bits per heavy atom. The third-order valence-electron chi connectivity index (χ3n) is 5.49. The number of benzene rings is 3. The minimum Gasteiger partial charge on any atom is -0.420 e. The van der Waals surface area contributed by atoms with Crippen LogP contribution in [0.25, 0.3) is 10.8 Å². The summed E-state index contributed by atoms with van der Waals surface area (Å²) < 4.78 is 5.99. The van der Waals surface area contributed by atoms with Crippen LogP contribution in [0.4, 0.5) is 0 Å². The molecule has 0 aromatic heterocycles. The summed E-state index contributed by atoms with van der Waals surface area (Å²) in [7, 11) is 0. The Balaban J connectivity index is 1.36. The summed E-state index contributed by atoms with van der Waals surface area (Å²) in [6, 6.07) is 18.9. The Labute approximate surface area is 177 Å². The van der Waals surface area contributed by atoms with Crippen LogP contribution in [0.3, 0.4) is 0 Å². The van der Waals surface area contributed by atoms with E-state index >= 15 is 0 Å². The van der Waals surface area contributed by atoms with E-state index in [0.29, 0.717) is 17.7 Å². The van der Waals surface area contributed by atoms with Crippen LogP contribution in [0.15, 0.2) is 65.6 Å². The summed E-state index contributed by atoms with van der Waals surface area (Å²) in [5.41, 5.74) is 1.30. The van der Waals surface area contributed by atoms with Gasteiger partial charge in [-0.3, -0.25) is 19.7 Å². The first-order valence-corrected chi connectivity index (χ1v) is 10.4. The lowest BCUT2D eigenvalue weighted by Gasteiger charge is -2.29. The van der Waals surface area contributed by atoms with E-state index in [0.717, 1.165) is 21.2 Å². The van der Waals surface area contributed by atoms with Gasteiger partial charge in [0.1, 0.15) is 11.8 Å². The van der Waals surface area contributed by atoms with Crippen molar-refractivity contribution >= 4 is 40.5 Å². The third kappa shape index (κ3) is 3.31. The predicted molar refractivity (Wildman–Crippen MR) is 113 cm³/mol. The quantitative estimate of drug-likeness (QED) is 0.517. The number of carbonyl (C=O) groups excluding carboxylic acids is 3. The van der Waals surface area contributed by atoms with Gasteiger partial charge in [-0.05, 0) is 41.5 Å². The summed E-state index contributed by atoms with van der Waals surface area (Å²) in [5.74, 6) is -0.314. The second-order valence-corrected chi connectivity index (χ2v) is 8.16. The number of fused-ring (bicyclic) bond motifs is 2. The Bertz CT molecular complexity index is 1190. The van der Waals surface area contributed by atoms with E-state index in [2.05, 4.69) is 23.5 Å². The molecule has 3 aromatic carbocycles. The monoisotopic (exact) mass is 418 g/mol. The molecule has 5 rings (SSSR count). The first-order valence-electron chi connectivity index (χ1n) is 9.70. The fraction of sp³-hybridized carbons (Fsp3) is 0.174. The number of amides is 3. The van der Waals surface area contributed by atoms with Crippen molar-refractivity contribution in [2.24, 2.45) is 0 Å². The second-order valence-electron chi connectivity index (χ2n) is 7.36. The highest BCUT2D eigenvalue weighted by molar-refractivity contribution is 7.95. The van der Waals surface area contributed by atoms with Gasteiger partial charge in [0, 0.05) is 22.4 Å². The highest BCUT2D eigenvalue weighted by Crippen LogP contribution is 2.36. The highest BCUT2D eigenvalue weighted by Gasteiger charge is 2.40. The largest absolute Gasteiger partial charge is 0.420 e. The lowest BCUT2D eigenvalue weighted by Crippen LogP contribution is -2.52. The zero-order chi connectivity index (χ0) is 20.7. The molecule has 1 atom stereocenters. The molecule has 1 unspecified atom stereocenters. The van der Waals surface area contributed by atoms with Crippen molar-refractivity contribution in [2.75, 3.05) is 0 Å². The van der Waals surface area contributed by atoms with Crippen molar-refractivity contribution in [3.63, 3.8) is 0 Å². The number of imide groups is 1. The molecule has 7 heteroatoms. The Kier molecular flexibility index (Phi) is 4.67. The number of hydrogen-bond acceptors (Lipinski definition) is 5. The molecule has 0 aliphatic carbocycles. The minimum absolute atomic E-state index is 0.208. The molecule has 6 nitrogen and oxygen atoms in total. The van der Waals surface area contributed by atoms with Crippen LogP contribution in [0.1, 0.15) is 28.8 Å². The zero-order valence-electron chi connectivity index (χ0n) is 16.0. The van der Waals surface area contributed by atoms with Gasteiger partial charge >= 0.3 is 0 Å². The van der Waals surface area contributed by atoms with Crippen molar-refractivity contribution in [1.29, 1.82) is 0 Å². The smallest absolute Gasteiger partial charge is 0.255 e. The fourth-order valence-electron chi connectivity index (χ4n) is 3.95. The third-order valence-corrected chi connectivity index (χ3v) is 6.20. The maximum absolute atomic E-state index is 12.9. The van der Waals surface area contributed by atoms with Gasteiger partial charge in [0.2, 0.25) is 11.8 Å². The highest BCUT2D eigenvalue weighted by atomic mass is 32.2. The molecule has 1 saturated heterocycles. The van der Waals surface area contributed by atoms with Crippen LogP contribution >= 0.6 is 12.0 Å². The van der Waals surface area contributed by atoms with Gasteiger partial charge in [-0.1, -0.05) is 36.4 Å². The van der Waals surface area contributed by atoms with Gasteiger partial charge < -0.3 is 9.08 Å². The standard InChI is InChI=1S/C23H18N2O4S/c26-21-11-10-19(22(27)24-21)25-13-18-17(23(25)28)6-3-7-20(18)29-30-16-9-8-14-4-1-2-5-15(14)12-16/h1-9,12,19H,10-11,13H2,(H,24,26,27). The van der Waals surface area contributed by atoms with Crippen LogP contribution in [0, 0.1) is 0 Å². The topological polar surface area (TPSA) is 75.7 Å². The maximum atomic E-state index is 12.9. The molecule has 2 aliphatic heterocycles. The molecular weight excluding hydrogens is 400 g/mol. The van der Waals surface area contributed by atoms with Gasteiger partial charge in [0.25, 0.3) is 5.91 Å². The molecule has 0 radical (unpaired) electrons. The molecule has 1 N–H and O–H groups in total. The average molecular weight is 418 g/mol. The van der Waals surface area contributed by atoms with Crippen LogP contribution in [0.5, 0.6) is 5.75 Å². The van der Waals surface area contributed by atoms with Crippen molar-refractivity contribution in [3.05, 3.63) is 71.8 Å². The molecule has 3 aromatic rings. The van der Waals surface area contributed by atoms with Gasteiger partial charge in [0.05, 0.1) is 18.6 Å². The lowest BCUT2D eigenvalue weighted by molar-refractivity contribution is -0.136. The second kappa shape index (κ2) is 7.50. The van der Waals surface area contributed by atoms with Crippen molar-refractivity contribution in [1.82, 2.24) is 10.2 Å². The molecule has 2 aliphatic rings. The van der Waals surface area contributed by atoms with Crippen LogP contribution in [0.2, 0.25) is 0 Å². The zero-order valence-corrected chi connectivity index (χ0v) is 16.8. The number of rotatable bonds is 4. The molecule has 2 heterocycles. The number of nitrogens with one attached hydrogen (secondary N) is 1. The molecule has 1 fully saturated rings. The summed E-state index contributed by atoms with van der Waals surface area (Å²) in [5, 5.41) is 4.61. The van der Waals surface area contributed by atoms with Crippen LogP contribution < -0.4 is 9.50 Å². The number of carbonyl (C=O) groups is 3. The van der Waals surface area contributed by atoms with Crippen LogP contribution in [-0.2, 0) is 16.1 Å². The van der Waals surface area contributed by atoms with E-state index in [-0.39, 0.29) is 24.8 Å². The summed E-state index contributed by atoms with van der Waals surface area (Å²) in [6.45, 7) is 0.287. The van der Waals surface area contributed by atoms with E-state index in [9.17, 15) is 14.4 Å². The van der Waals surface area contributed by atoms with E-state index in [1.807, 2.05) is 30.3 Å². The van der Waals surface area contributed by atoms with Gasteiger partial charge in [-0.15, -0.1) is 0 Å². The number of piperidine rings is 1. The summed E-state index contributed by atoms with van der Waals surface area (Å²) in [6.07, 6.45) is 0.574. The maximum Gasteiger partial charge on any atom is 0.255 e. The predicted octanol–water partition coefficient (Wildman–Crippen LogP) is 3.69. The normalized spacial score (nSPS) is 18.5. The molecule has 0 saturated carbocycles.